The monoisotopic (exact) mass is 298 g/mol. The zero-order valence-electron chi connectivity index (χ0n) is 11.9. The van der Waals surface area contributed by atoms with Gasteiger partial charge in [0.15, 0.2) is 0 Å². The number of carboxylic acid groups (broad SMARTS) is 1. The Morgan fingerprint density at radius 1 is 1.38 bits per heavy atom. The largest absolute Gasteiger partial charge is 0.481 e. The van der Waals surface area contributed by atoms with Gasteiger partial charge in [0.2, 0.25) is 0 Å². The summed E-state index contributed by atoms with van der Waals surface area (Å²) >= 11 is 0. The maximum atomic E-state index is 13.7. The molecule has 0 fully saturated rings. The van der Waals surface area contributed by atoms with Gasteiger partial charge in [-0.15, -0.1) is 0 Å². The number of benzene rings is 1. The van der Waals surface area contributed by atoms with Gasteiger partial charge in [0, 0.05) is 19.2 Å². The molecule has 0 aromatic heterocycles. The number of aliphatic carboxylic acids is 1. The lowest BCUT2D eigenvalue weighted by Gasteiger charge is -2.24. The maximum absolute atomic E-state index is 13.7. The Labute approximate surface area is 122 Å². The van der Waals surface area contributed by atoms with Crippen LogP contribution in [-0.2, 0) is 9.53 Å². The molecule has 116 valence electrons. The fourth-order valence-corrected chi connectivity index (χ4v) is 1.92. The molecule has 2 amide bonds. The summed E-state index contributed by atoms with van der Waals surface area (Å²) in [7, 11) is 1.43. The number of amides is 2. The quantitative estimate of drug-likeness (QED) is 0.714. The summed E-state index contributed by atoms with van der Waals surface area (Å²) in [5.41, 5.74) is 0.346. The minimum atomic E-state index is -0.996. The molecule has 1 aromatic rings. The molecule has 1 aromatic carbocycles. The summed E-state index contributed by atoms with van der Waals surface area (Å²) in [4.78, 5) is 22.0. The molecule has 2 atom stereocenters. The number of carboxylic acids is 1. The molecule has 1 rings (SSSR count). The van der Waals surface area contributed by atoms with Crippen LogP contribution in [0.3, 0.4) is 0 Å². The highest BCUT2D eigenvalue weighted by Gasteiger charge is 2.23. The Hall–Kier alpha value is -2.15. The Morgan fingerprint density at radius 3 is 2.62 bits per heavy atom. The number of carbonyl (C=O) groups is 2. The van der Waals surface area contributed by atoms with Gasteiger partial charge in [-0.3, -0.25) is 4.79 Å². The summed E-state index contributed by atoms with van der Waals surface area (Å²) < 4.78 is 19.0. The van der Waals surface area contributed by atoms with E-state index in [2.05, 4.69) is 10.6 Å². The molecular weight excluding hydrogens is 279 g/mol. The third kappa shape index (κ3) is 5.39. The van der Waals surface area contributed by atoms with Crippen LogP contribution >= 0.6 is 0 Å². The smallest absolute Gasteiger partial charge is 0.315 e. The van der Waals surface area contributed by atoms with Crippen molar-refractivity contribution in [3.63, 3.8) is 0 Å². The van der Waals surface area contributed by atoms with Crippen molar-refractivity contribution in [1.82, 2.24) is 10.6 Å². The topological polar surface area (TPSA) is 87.7 Å². The highest BCUT2D eigenvalue weighted by molar-refractivity contribution is 5.75. The molecule has 0 saturated carbocycles. The van der Waals surface area contributed by atoms with E-state index in [0.29, 0.717) is 5.56 Å². The number of methoxy groups -OCH3 is 1. The maximum Gasteiger partial charge on any atom is 0.315 e. The van der Waals surface area contributed by atoms with Crippen LogP contribution in [0.5, 0.6) is 0 Å². The Bertz CT molecular complexity index is 496. The van der Waals surface area contributed by atoms with Crippen LogP contribution in [0.4, 0.5) is 9.18 Å². The lowest BCUT2D eigenvalue weighted by Crippen LogP contribution is -2.44. The highest BCUT2D eigenvalue weighted by atomic mass is 19.1. The van der Waals surface area contributed by atoms with Crippen molar-refractivity contribution < 1.29 is 23.8 Å². The number of urea groups is 1. The van der Waals surface area contributed by atoms with Gasteiger partial charge >= 0.3 is 12.0 Å². The van der Waals surface area contributed by atoms with Gasteiger partial charge in [0.1, 0.15) is 11.9 Å². The van der Waals surface area contributed by atoms with Crippen LogP contribution in [0.15, 0.2) is 24.3 Å². The molecule has 3 N–H and O–H groups in total. The average Bonchev–Trinajstić information content (AvgIpc) is 2.41. The molecule has 0 bridgehead atoms. The van der Waals surface area contributed by atoms with Crippen LogP contribution in [-0.4, -0.2) is 36.8 Å². The molecule has 0 radical (unpaired) electrons. The molecule has 2 unspecified atom stereocenters. The molecular formula is C14H19FN2O4. The normalized spacial score (nSPS) is 13.3. The summed E-state index contributed by atoms with van der Waals surface area (Å²) in [6.45, 7) is 1.70. The number of halogens is 1. The summed E-state index contributed by atoms with van der Waals surface area (Å²) in [5, 5.41) is 13.5. The number of nitrogens with one attached hydrogen (secondary N) is 2. The molecule has 0 aliphatic heterocycles. The fourth-order valence-electron chi connectivity index (χ4n) is 1.92. The van der Waals surface area contributed by atoms with E-state index in [9.17, 15) is 14.0 Å². The van der Waals surface area contributed by atoms with Gasteiger partial charge < -0.3 is 20.5 Å². The molecule has 0 aliphatic carbocycles. The number of hydrogen-bond acceptors (Lipinski definition) is 3. The third-order valence-corrected chi connectivity index (χ3v) is 2.90. The van der Waals surface area contributed by atoms with E-state index < -0.39 is 30.0 Å². The second-order valence-corrected chi connectivity index (χ2v) is 4.51. The van der Waals surface area contributed by atoms with Crippen molar-refractivity contribution in [3.05, 3.63) is 35.6 Å². The Balaban J connectivity index is 2.59. The first-order chi connectivity index (χ1) is 9.95. The number of ether oxygens (including phenoxy) is 1. The predicted octanol–water partition coefficient (Wildman–Crippen LogP) is 1.68. The van der Waals surface area contributed by atoms with E-state index in [1.807, 2.05) is 0 Å². The Morgan fingerprint density at radius 2 is 2.05 bits per heavy atom. The second-order valence-electron chi connectivity index (χ2n) is 4.51. The lowest BCUT2D eigenvalue weighted by molar-refractivity contribution is -0.136. The van der Waals surface area contributed by atoms with Crippen molar-refractivity contribution >= 4 is 12.0 Å². The Kier molecular flexibility index (Phi) is 6.61. The molecule has 0 heterocycles. The minimum absolute atomic E-state index is 0.0191. The zero-order valence-corrected chi connectivity index (χ0v) is 11.9. The van der Waals surface area contributed by atoms with Crippen LogP contribution < -0.4 is 10.6 Å². The van der Waals surface area contributed by atoms with Gasteiger partial charge in [0.05, 0.1) is 12.5 Å². The first-order valence-electron chi connectivity index (χ1n) is 6.49. The third-order valence-electron chi connectivity index (χ3n) is 2.90. The first-order valence-corrected chi connectivity index (χ1v) is 6.49. The highest BCUT2D eigenvalue weighted by Crippen LogP contribution is 2.23. The van der Waals surface area contributed by atoms with Crippen molar-refractivity contribution in [3.8, 4) is 0 Å². The first kappa shape index (κ1) is 16.9. The van der Waals surface area contributed by atoms with E-state index >= 15 is 0 Å². The van der Waals surface area contributed by atoms with E-state index in [4.69, 9.17) is 9.84 Å². The number of rotatable bonds is 7. The molecule has 0 aliphatic rings. The van der Waals surface area contributed by atoms with Gasteiger partial charge in [-0.2, -0.15) is 0 Å². The van der Waals surface area contributed by atoms with Gasteiger partial charge in [-0.05, 0) is 13.0 Å². The van der Waals surface area contributed by atoms with E-state index in [1.165, 1.54) is 13.2 Å². The van der Waals surface area contributed by atoms with E-state index in [1.54, 1.807) is 25.1 Å². The van der Waals surface area contributed by atoms with Crippen LogP contribution in [0.2, 0.25) is 0 Å². The lowest BCUT2D eigenvalue weighted by atomic mass is 10.0. The molecule has 21 heavy (non-hydrogen) atoms. The number of hydrogen-bond donors (Lipinski definition) is 3. The van der Waals surface area contributed by atoms with Crippen molar-refractivity contribution in [2.75, 3.05) is 13.7 Å². The zero-order chi connectivity index (χ0) is 15.8. The van der Waals surface area contributed by atoms with E-state index in [0.717, 1.165) is 0 Å². The number of carbonyl (C=O) groups excluding carboxylic acids is 1. The van der Waals surface area contributed by atoms with Gasteiger partial charge in [-0.1, -0.05) is 18.2 Å². The average molecular weight is 298 g/mol. The predicted molar refractivity (Wildman–Crippen MR) is 74.4 cm³/mol. The van der Waals surface area contributed by atoms with Crippen molar-refractivity contribution in [2.24, 2.45) is 0 Å². The molecule has 0 saturated heterocycles. The van der Waals surface area contributed by atoms with Crippen molar-refractivity contribution in [1.29, 1.82) is 0 Å². The van der Waals surface area contributed by atoms with Crippen LogP contribution in [0.1, 0.15) is 25.0 Å². The van der Waals surface area contributed by atoms with Crippen molar-refractivity contribution in [2.45, 2.75) is 25.5 Å². The minimum Gasteiger partial charge on any atom is -0.481 e. The van der Waals surface area contributed by atoms with Gasteiger partial charge in [-0.25, -0.2) is 9.18 Å². The summed E-state index contributed by atoms with van der Waals surface area (Å²) in [6, 6.07) is 5.15. The molecule has 6 nitrogen and oxygen atoms in total. The summed E-state index contributed by atoms with van der Waals surface area (Å²) in [6.07, 6.45) is -0.806. The molecule has 0 spiro atoms. The SMILES string of the molecule is COC(c1ccccc1F)C(C)NC(=O)NCCC(=O)O. The fraction of sp³-hybridized carbons (Fsp3) is 0.429. The second kappa shape index (κ2) is 8.21. The summed E-state index contributed by atoms with van der Waals surface area (Å²) in [5.74, 6) is -1.41. The molecule has 7 heteroatoms. The van der Waals surface area contributed by atoms with E-state index in [-0.39, 0.29) is 13.0 Å². The standard InChI is InChI=1S/C14H19FN2O4/c1-9(17-14(20)16-8-7-12(18)19)13(21-2)10-5-3-4-6-11(10)15/h3-6,9,13H,7-8H2,1-2H3,(H,18,19)(H2,16,17,20). The van der Waals surface area contributed by atoms with Crippen LogP contribution in [0.25, 0.3) is 0 Å². The van der Waals surface area contributed by atoms with Gasteiger partial charge in [0.25, 0.3) is 0 Å². The van der Waals surface area contributed by atoms with Crippen LogP contribution in [0, 0.1) is 5.82 Å².